The summed E-state index contributed by atoms with van der Waals surface area (Å²) < 4.78 is 0. The van der Waals surface area contributed by atoms with Gasteiger partial charge < -0.3 is 0 Å². The Bertz CT molecular complexity index is 353. The highest BCUT2D eigenvalue weighted by atomic mass is 35.5. The molecule has 1 aromatic carbocycles. The van der Waals surface area contributed by atoms with Crippen molar-refractivity contribution in [2.24, 2.45) is 0 Å². The van der Waals surface area contributed by atoms with Gasteiger partial charge in [-0.2, -0.15) is 0 Å². The lowest BCUT2D eigenvalue weighted by atomic mass is 9.93. The third-order valence-corrected chi connectivity index (χ3v) is 3.15. The Labute approximate surface area is 82.7 Å². The summed E-state index contributed by atoms with van der Waals surface area (Å²) in [5.74, 6) is 0. The molecular formula is C11H11ClO. The number of carbonyl (C=O) groups is 1. The highest BCUT2D eigenvalue weighted by molar-refractivity contribution is 6.66. The Hall–Kier alpha value is -0.820. The summed E-state index contributed by atoms with van der Waals surface area (Å²) in [7, 11) is 0. The average molecular weight is 195 g/mol. The van der Waals surface area contributed by atoms with E-state index < -0.39 is 0 Å². The van der Waals surface area contributed by atoms with E-state index in [-0.39, 0.29) is 10.7 Å². The molecule has 0 amide bonds. The topological polar surface area (TPSA) is 17.1 Å². The third kappa shape index (κ3) is 1.28. The second-order valence-corrected chi connectivity index (χ2v) is 4.01. The quantitative estimate of drug-likeness (QED) is 0.662. The second-order valence-electron chi connectivity index (χ2n) is 3.67. The van der Waals surface area contributed by atoms with Gasteiger partial charge in [-0.15, -0.1) is 0 Å². The summed E-state index contributed by atoms with van der Waals surface area (Å²) in [4.78, 5) is 11.2. The smallest absolute Gasteiger partial charge is 0.232 e. The summed E-state index contributed by atoms with van der Waals surface area (Å²) >= 11 is 5.60. The van der Waals surface area contributed by atoms with E-state index in [0.29, 0.717) is 0 Å². The van der Waals surface area contributed by atoms with Crippen LogP contribution in [0.2, 0.25) is 0 Å². The molecule has 2 rings (SSSR count). The van der Waals surface area contributed by atoms with Gasteiger partial charge in [0.05, 0.1) is 5.41 Å². The molecule has 1 nitrogen and oxygen atoms in total. The molecule has 0 bridgehead atoms. The van der Waals surface area contributed by atoms with Crippen molar-refractivity contribution < 1.29 is 4.79 Å². The molecule has 0 radical (unpaired) electrons. The molecule has 0 saturated heterocycles. The van der Waals surface area contributed by atoms with Gasteiger partial charge >= 0.3 is 0 Å². The predicted octanol–water partition coefficient (Wildman–Crippen LogP) is 2.79. The summed E-state index contributed by atoms with van der Waals surface area (Å²) in [6.07, 6.45) is 1.81. The zero-order valence-electron chi connectivity index (χ0n) is 7.51. The van der Waals surface area contributed by atoms with E-state index in [9.17, 15) is 4.79 Å². The van der Waals surface area contributed by atoms with Crippen LogP contribution in [-0.4, -0.2) is 5.24 Å². The van der Waals surface area contributed by atoms with Gasteiger partial charge in [-0.1, -0.05) is 24.3 Å². The van der Waals surface area contributed by atoms with Crippen LogP contribution in [0.15, 0.2) is 24.3 Å². The maximum absolute atomic E-state index is 11.2. The van der Waals surface area contributed by atoms with Crippen molar-refractivity contribution in [1.29, 1.82) is 0 Å². The van der Waals surface area contributed by atoms with Crippen LogP contribution in [0.4, 0.5) is 0 Å². The number of aryl methyl sites for hydroxylation is 1. The van der Waals surface area contributed by atoms with E-state index in [2.05, 4.69) is 0 Å². The lowest BCUT2D eigenvalue weighted by Crippen LogP contribution is -2.15. The first-order chi connectivity index (χ1) is 6.17. The number of halogens is 1. The largest absolute Gasteiger partial charge is 0.280 e. The monoisotopic (exact) mass is 194 g/mol. The Balaban J connectivity index is 2.47. The van der Waals surface area contributed by atoms with Crippen LogP contribution in [0, 0.1) is 6.92 Å². The fourth-order valence-corrected chi connectivity index (χ4v) is 2.10. The normalized spacial score (nSPS) is 18.3. The highest BCUT2D eigenvalue weighted by Gasteiger charge is 2.50. The molecule has 0 spiro atoms. The molecule has 0 atom stereocenters. The second kappa shape index (κ2) is 2.85. The Kier molecular flexibility index (Phi) is 1.92. The summed E-state index contributed by atoms with van der Waals surface area (Å²) in [6.45, 7) is 2.02. The zero-order chi connectivity index (χ0) is 9.47. The molecule has 1 saturated carbocycles. The number of carbonyl (C=O) groups excluding carboxylic acids is 1. The molecule has 1 aliphatic rings. The van der Waals surface area contributed by atoms with Gasteiger partial charge in [0.1, 0.15) is 0 Å². The minimum absolute atomic E-state index is 0.207. The van der Waals surface area contributed by atoms with Gasteiger partial charge in [0, 0.05) is 0 Å². The molecule has 13 heavy (non-hydrogen) atoms. The fourth-order valence-electron chi connectivity index (χ4n) is 1.81. The van der Waals surface area contributed by atoms with Crippen LogP contribution >= 0.6 is 11.6 Å². The fraction of sp³-hybridized carbons (Fsp3) is 0.364. The first-order valence-corrected chi connectivity index (χ1v) is 4.81. The van der Waals surface area contributed by atoms with Gasteiger partial charge in [0.2, 0.25) is 5.24 Å². The van der Waals surface area contributed by atoms with Crippen LogP contribution in [0.1, 0.15) is 24.0 Å². The first kappa shape index (κ1) is 8.76. The highest BCUT2D eigenvalue weighted by Crippen LogP contribution is 2.50. The van der Waals surface area contributed by atoms with E-state index in [1.165, 1.54) is 0 Å². The van der Waals surface area contributed by atoms with Crippen molar-refractivity contribution in [2.75, 3.05) is 0 Å². The van der Waals surface area contributed by atoms with Crippen LogP contribution in [0.25, 0.3) is 0 Å². The van der Waals surface area contributed by atoms with Crippen molar-refractivity contribution >= 4 is 16.8 Å². The average Bonchev–Trinajstić information content (AvgIpc) is 2.85. The number of hydrogen-bond donors (Lipinski definition) is 0. The molecule has 0 unspecified atom stereocenters. The molecule has 0 aliphatic heterocycles. The summed E-state index contributed by atoms with van der Waals surface area (Å²) in [5, 5.41) is -0.207. The Morgan fingerprint density at radius 3 is 2.46 bits per heavy atom. The number of rotatable bonds is 2. The van der Waals surface area contributed by atoms with E-state index in [4.69, 9.17) is 11.6 Å². The zero-order valence-corrected chi connectivity index (χ0v) is 8.27. The maximum atomic E-state index is 11.2. The summed E-state index contributed by atoms with van der Waals surface area (Å²) in [6, 6.07) is 7.97. The molecular weight excluding hydrogens is 184 g/mol. The SMILES string of the molecule is Cc1ccccc1C1(C(=O)Cl)CC1. The first-order valence-electron chi connectivity index (χ1n) is 4.43. The molecule has 2 heteroatoms. The number of hydrogen-bond acceptors (Lipinski definition) is 1. The van der Waals surface area contributed by atoms with Crippen LogP contribution in [0.3, 0.4) is 0 Å². The summed E-state index contributed by atoms with van der Waals surface area (Å²) in [5.41, 5.74) is 1.93. The van der Waals surface area contributed by atoms with Gasteiger partial charge in [-0.05, 0) is 42.5 Å². The predicted molar refractivity (Wildman–Crippen MR) is 53.0 cm³/mol. The van der Waals surface area contributed by atoms with Crippen LogP contribution in [-0.2, 0) is 10.2 Å². The Morgan fingerprint density at radius 2 is 2.00 bits per heavy atom. The minimum Gasteiger partial charge on any atom is -0.280 e. The Morgan fingerprint density at radius 1 is 1.38 bits per heavy atom. The van der Waals surface area contributed by atoms with E-state index >= 15 is 0 Å². The van der Waals surface area contributed by atoms with Crippen molar-refractivity contribution in [3.63, 3.8) is 0 Å². The van der Waals surface area contributed by atoms with Gasteiger partial charge in [-0.3, -0.25) is 4.79 Å². The van der Waals surface area contributed by atoms with E-state index in [1.807, 2.05) is 31.2 Å². The standard InChI is InChI=1S/C11H11ClO/c1-8-4-2-3-5-9(8)11(6-7-11)10(12)13/h2-5H,6-7H2,1H3. The van der Waals surface area contributed by atoms with Crippen LogP contribution in [0.5, 0.6) is 0 Å². The molecule has 1 fully saturated rings. The lowest BCUT2D eigenvalue weighted by molar-refractivity contribution is -0.113. The molecule has 1 aromatic rings. The third-order valence-electron chi connectivity index (χ3n) is 2.79. The van der Waals surface area contributed by atoms with E-state index in [1.54, 1.807) is 0 Å². The molecule has 0 aromatic heterocycles. The van der Waals surface area contributed by atoms with Crippen molar-refractivity contribution in [2.45, 2.75) is 25.2 Å². The molecule has 0 N–H and O–H groups in total. The van der Waals surface area contributed by atoms with Gasteiger partial charge in [-0.25, -0.2) is 0 Å². The van der Waals surface area contributed by atoms with Crippen LogP contribution < -0.4 is 0 Å². The van der Waals surface area contributed by atoms with E-state index in [0.717, 1.165) is 24.0 Å². The molecule has 1 aliphatic carbocycles. The number of benzene rings is 1. The molecule has 68 valence electrons. The maximum Gasteiger partial charge on any atom is 0.232 e. The van der Waals surface area contributed by atoms with Gasteiger partial charge in [0.15, 0.2) is 0 Å². The molecule has 0 heterocycles. The van der Waals surface area contributed by atoms with Crippen molar-refractivity contribution in [1.82, 2.24) is 0 Å². The van der Waals surface area contributed by atoms with Gasteiger partial charge in [0.25, 0.3) is 0 Å². The van der Waals surface area contributed by atoms with Crippen molar-refractivity contribution in [3.8, 4) is 0 Å². The minimum atomic E-state index is -0.340. The lowest BCUT2D eigenvalue weighted by Gasteiger charge is -2.12. The van der Waals surface area contributed by atoms with Crippen molar-refractivity contribution in [3.05, 3.63) is 35.4 Å².